The lowest BCUT2D eigenvalue weighted by Crippen LogP contribution is -2.46. The number of fused-ring (bicyclic) bond motifs is 18. The number of H-pyrrole nitrogens is 6. The summed E-state index contributed by atoms with van der Waals surface area (Å²) in [5.74, 6) is 2.96. The van der Waals surface area contributed by atoms with E-state index in [1.54, 1.807) is 78.9 Å². The van der Waals surface area contributed by atoms with Crippen molar-refractivity contribution < 1.29 is 62.8 Å². The molecule has 7 unspecified atom stereocenters. The van der Waals surface area contributed by atoms with Crippen molar-refractivity contribution in [1.82, 2.24) is 61.0 Å². The van der Waals surface area contributed by atoms with E-state index in [1.807, 2.05) is 192 Å². The van der Waals surface area contributed by atoms with E-state index in [9.17, 15) is 34.4 Å². The highest BCUT2D eigenvalue weighted by molar-refractivity contribution is 9.11. The molecule has 31 heteroatoms. The first-order valence-electron chi connectivity index (χ1n) is 49.2. The molecule has 12 heterocycles. The summed E-state index contributed by atoms with van der Waals surface area (Å²) in [4.78, 5) is 51.2. The van der Waals surface area contributed by atoms with Crippen molar-refractivity contribution in [1.29, 1.82) is 0 Å². The second kappa shape index (κ2) is 45.1. The van der Waals surface area contributed by atoms with Crippen molar-refractivity contribution in [2.45, 2.75) is 87.8 Å². The van der Waals surface area contributed by atoms with Gasteiger partial charge in [-0.25, -0.2) is 4.39 Å². The Kier molecular flexibility index (Phi) is 31.1. The number of methoxy groups -OCH3 is 5. The Morgan fingerprint density at radius 1 is 0.362 bits per heavy atom. The molecule has 762 valence electrons. The largest absolute Gasteiger partial charge is 0.508 e. The molecule has 149 heavy (non-hydrogen) atoms. The van der Waals surface area contributed by atoms with Crippen LogP contribution in [0.4, 0.5) is 4.39 Å². The fraction of sp³-hybridized carbons (Fsp3) is 0.220. The number of benzene rings is 13. The van der Waals surface area contributed by atoms with E-state index in [-0.39, 0.29) is 71.9 Å². The molecule has 7 atom stereocenters. The van der Waals surface area contributed by atoms with Gasteiger partial charge >= 0.3 is 0 Å². The standard InChI is InChI=1S/C27H25ClN2O3.C21H21ClN2O3.2C18H17BrN2O2.C17H14BrFN2O.C17H15BrN2O/c1-17(33-21-6-4-3-5-7-21)27(31)30-15-14-22-23-16-19(28)10-13-24(23)29-25(22)26(30)18-8-11-20(32-2)12-9-18;1-26-12-19(25)24-10-9-16-17-11-14(22)5-8-18(17)23-20(16)21(24)13-3-6-15(27-2)7-4-13;1-23-16-5-2-10(8-15(16)22)17-18-12(6-7-20-17)13-9-11(19)3-4-14(13)21-18;1-23-15-4-2-3-12(18(15)22)16-17-11(7-8-20-16)13-9-10(19)5-6-14(13)21-17;18-9-4-5-14-12(8-9)10-6-7-20-15(16(10)21-14)11-2-1-3-13(19)17(11)22;18-10-5-6-14-13(9-10)11-7-8-19-16(17(11)20-14)12-3-1-2-4-15(12)21/h3-13,16-17,26,29H,14-15H2,1-2H3;3-8,11,21,23H,9-10,12H2,1-2H3;2-5,8-9,17,20-22H,6-7H2,1H3;2-6,9,16,20-22H,7-8H2,1H3;1-5,8,15,20-22H,6-7H2;1-6,9,16,19-21H,7-8H2. The summed E-state index contributed by atoms with van der Waals surface area (Å²) in [7, 11) is 7.96. The van der Waals surface area contributed by atoms with Crippen molar-refractivity contribution >= 4 is 164 Å². The SMILES string of the molecule is COCC(=O)N1CCc2c([nH]c3ccc(Cl)cc23)C1c1ccc(OC)cc1.COc1ccc(C2NCCc3c2[nH]c2ccc(Br)cc32)cc1O.COc1ccc(C2c3[nH]c4ccc(Cl)cc4c3CCN2C(=O)C(C)Oc2ccccc2)cc1.COc1cccc(C2NCCc3c2[nH]c2ccc(Br)cc32)c1O.Oc1c(F)cccc1C1NCCc2c1[nH]c1ccc(Br)cc21.Oc1ccccc1C1NCCc2c1[nH]c1ccc(Br)cc21. The van der Waals surface area contributed by atoms with Crippen LogP contribution in [0.3, 0.4) is 0 Å². The molecule has 0 fully saturated rings. The quantitative estimate of drug-likeness (QED) is 0.0454. The first kappa shape index (κ1) is 103. The lowest BCUT2D eigenvalue weighted by Gasteiger charge is -2.37. The number of hydrogen-bond acceptors (Lipinski definition) is 16. The number of rotatable bonds is 15. The van der Waals surface area contributed by atoms with Crippen LogP contribution >= 0.6 is 86.9 Å². The maximum absolute atomic E-state index is 13.7. The van der Waals surface area contributed by atoms with Crippen molar-refractivity contribution in [2.24, 2.45) is 0 Å². The van der Waals surface area contributed by atoms with Crippen LogP contribution in [-0.4, -0.2) is 159 Å². The predicted molar refractivity (Wildman–Crippen MR) is 599 cm³/mol. The second-order valence-corrected chi connectivity index (χ2v) is 41.9. The zero-order valence-corrected chi connectivity index (χ0v) is 90.1. The molecule has 13 aromatic carbocycles. The molecule has 0 saturated carbocycles. The topological polar surface area (TPSA) is 320 Å². The smallest absolute Gasteiger partial charge is 0.264 e. The van der Waals surface area contributed by atoms with Crippen LogP contribution < -0.4 is 45.0 Å². The van der Waals surface area contributed by atoms with Crippen LogP contribution in [0.1, 0.15) is 144 Å². The van der Waals surface area contributed by atoms with Gasteiger partial charge in [-0.2, -0.15) is 0 Å². The second-order valence-electron chi connectivity index (χ2n) is 37.3. The Labute approximate surface area is 903 Å². The summed E-state index contributed by atoms with van der Waals surface area (Å²) in [6.07, 6.45) is 4.75. The van der Waals surface area contributed by atoms with E-state index < -0.39 is 11.9 Å². The minimum absolute atomic E-state index is 0.0149. The van der Waals surface area contributed by atoms with Crippen molar-refractivity contribution in [3.05, 3.63) is 402 Å². The highest BCUT2D eigenvalue weighted by Gasteiger charge is 2.40. The molecule has 6 aliphatic rings. The average Bonchev–Trinajstić information content (AvgIpc) is 1.60. The van der Waals surface area contributed by atoms with Gasteiger partial charge in [-0.1, -0.05) is 178 Å². The molecule has 14 N–H and O–H groups in total. The molecule has 2 amide bonds. The number of carbonyl (C=O) groups is 2. The number of para-hydroxylation sites is 4. The van der Waals surface area contributed by atoms with E-state index in [2.05, 4.69) is 157 Å². The van der Waals surface area contributed by atoms with Crippen LogP contribution in [-0.2, 0) is 52.9 Å². The maximum atomic E-state index is 13.7. The van der Waals surface area contributed by atoms with Crippen molar-refractivity contribution in [3.8, 4) is 51.7 Å². The molecule has 0 spiro atoms. The van der Waals surface area contributed by atoms with Gasteiger partial charge in [-0.3, -0.25) is 9.59 Å². The Morgan fingerprint density at radius 2 is 0.738 bits per heavy atom. The third kappa shape index (κ3) is 21.2. The van der Waals surface area contributed by atoms with Crippen LogP contribution in [0.15, 0.2) is 285 Å². The van der Waals surface area contributed by atoms with Gasteiger partial charge in [0, 0.05) is 191 Å². The monoisotopic (exact) mass is 2290 g/mol. The van der Waals surface area contributed by atoms with Gasteiger partial charge < -0.3 is 110 Å². The van der Waals surface area contributed by atoms with Gasteiger partial charge in [0.1, 0.15) is 29.6 Å². The molecule has 0 bridgehead atoms. The number of nitrogens with one attached hydrogen (secondary N) is 10. The number of carbonyl (C=O) groups excluding carboxylic acids is 2. The number of aromatic hydroxyl groups is 4. The summed E-state index contributed by atoms with van der Waals surface area (Å²) in [5, 5.41) is 63.3. The van der Waals surface area contributed by atoms with Gasteiger partial charge in [0.25, 0.3) is 5.91 Å². The Balaban J connectivity index is 0.000000109. The van der Waals surface area contributed by atoms with Crippen LogP contribution in [0.2, 0.25) is 10.0 Å². The minimum atomic E-state index is -0.617. The lowest BCUT2D eigenvalue weighted by molar-refractivity contribution is -0.140. The summed E-state index contributed by atoms with van der Waals surface area (Å²) < 4.78 is 50.0. The third-order valence-corrected chi connectivity index (χ3v) is 31.1. The normalized spacial score (nSPS) is 17.0. The van der Waals surface area contributed by atoms with Crippen LogP contribution in [0, 0.1) is 5.82 Å². The highest BCUT2D eigenvalue weighted by Crippen LogP contribution is 2.48. The number of halogens is 7. The summed E-state index contributed by atoms with van der Waals surface area (Å²) >= 11 is 26.7. The zero-order valence-electron chi connectivity index (χ0n) is 82.2. The zero-order chi connectivity index (χ0) is 104. The summed E-state index contributed by atoms with van der Waals surface area (Å²) in [5.41, 5.74) is 26.0. The highest BCUT2D eigenvalue weighted by atomic mass is 79.9. The fourth-order valence-corrected chi connectivity index (χ4v) is 23.5. The molecule has 6 aliphatic heterocycles. The number of hydrogen-bond donors (Lipinski definition) is 14. The molecule has 0 radical (unpaired) electrons. The lowest BCUT2D eigenvalue weighted by atomic mass is 9.92. The van der Waals surface area contributed by atoms with Crippen LogP contribution in [0.5, 0.6) is 51.7 Å². The number of phenols is 4. The van der Waals surface area contributed by atoms with E-state index in [1.165, 1.54) is 66.7 Å². The molecule has 6 aromatic heterocycles. The van der Waals surface area contributed by atoms with E-state index in [0.717, 1.165) is 194 Å². The first-order valence-corrected chi connectivity index (χ1v) is 53.1. The third-order valence-electron chi connectivity index (χ3n) is 28.6. The van der Waals surface area contributed by atoms with Gasteiger partial charge in [-0.15, -0.1) is 0 Å². The molecule has 24 nitrogen and oxygen atoms in total. The predicted octanol–water partition coefficient (Wildman–Crippen LogP) is 25.4. The molecular formula is C118H109Br4Cl2FN12O12. The van der Waals surface area contributed by atoms with E-state index >= 15 is 0 Å². The number of ether oxygens (including phenoxy) is 6. The molecule has 0 aliphatic carbocycles. The van der Waals surface area contributed by atoms with Gasteiger partial charge in [0.15, 0.2) is 40.7 Å². The van der Waals surface area contributed by atoms with E-state index in [0.29, 0.717) is 51.7 Å². The van der Waals surface area contributed by atoms with E-state index in [4.69, 9.17) is 51.6 Å². The summed E-state index contributed by atoms with van der Waals surface area (Å²) in [6, 6.07) is 84.6. The number of phenolic OH excluding ortho intramolecular Hbond substituents is 4. The van der Waals surface area contributed by atoms with Gasteiger partial charge in [0.2, 0.25) is 5.91 Å². The molecule has 25 rings (SSSR count). The average molecular weight is 2300 g/mol. The summed E-state index contributed by atoms with van der Waals surface area (Å²) in [6.45, 7) is 6.56. The molecular weight excluding hydrogens is 2190 g/mol. The minimum Gasteiger partial charge on any atom is -0.508 e. The molecule has 19 aromatic rings. The van der Waals surface area contributed by atoms with Crippen molar-refractivity contribution in [3.63, 3.8) is 0 Å². The Bertz CT molecular complexity index is 8180. The fourth-order valence-electron chi connectivity index (χ4n) is 21.7. The number of nitrogens with zero attached hydrogens (tertiary/aromatic N) is 2. The first-order chi connectivity index (χ1) is 72.4. The van der Waals surface area contributed by atoms with Crippen LogP contribution in [0.25, 0.3) is 65.4 Å². The molecule has 0 saturated heterocycles. The maximum Gasteiger partial charge on any atom is 0.264 e. The van der Waals surface area contributed by atoms with Gasteiger partial charge in [-0.05, 0) is 271 Å². The number of aromatic nitrogens is 6. The number of aromatic amines is 6. The number of amides is 2. The van der Waals surface area contributed by atoms with Gasteiger partial charge in [0.05, 0.1) is 64.7 Å². The van der Waals surface area contributed by atoms with Crippen molar-refractivity contribution in [2.75, 3.05) is 81.4 Å². The Morgan fingerprint density at radius 3 is 1.18 bits per heavy atom. The Hall–Kier alpha value is -13.5.